The Labute approximate surface area is 142 Å². The quantitative estimate of drug-likeness (QED) is 0.603. The number of hydrogen-bond acceptors (Lipinski definition) is 4. The summed E-state index contributed by atoms with van der Waals surface area (Å²) in [6, 6.07) is 1.94. The van der Waals surface area contributed by atoms with E-state index in [4.69, 9.17) is 14.5 Å². The van der Waals surface area contributed by atoms with E-state index in [1.54, 1.807) is 0 Å². The first kappa shape index (κ1) is 21.1. The summed E-state index contributed by atoms with van der Waals surface area (Å²) in [7, 11) is -3.85. The Kier molecular flexibility index (Phi) is 6.65. The Morgan fingerprint density at radius 1 is 1.17 bits per heavy atom. The SMILES string of the molecule is CC(C)(C)[Si](C)(C)OCCCc1cc(B(O)O)cc(C(F)(F)F)n1. The summed E-state index contributed by atoms with van der Waals surface area (Å²) in [5.41, 5.74) is -1.15. The van der Waals surface area contributed by atoms with Crippen LogP contribution in [0.1, 0.15) is 38.6 Å². The molecule has 0 radical (unpaired) electrons. The zero-order valence-corrected chi connectivity index (χ0v) is 15.7. The third kappa shape index (κ3) is 5.87. The van der Waals surface area contributed by atoms with Gasteiger partial charge in [-0.25, -0.2) is 4.98 Å². The van der Waals surface area contributed by atoms with Crippen molar-refractivity contribution in [1.29, 1.82) is 0 Å². The molecule has 0 aliphatic carbocycles. The number of halogens is 3. The minimum absolute atomic E-state index is 0.0651. The molecule has 0 saturated carbocycles. The van der Waals surface area contributed by atoms with E-state index in [0.717, 1.165) is 0 Å². The first-order valence-electron chi connectivity index (χ1n) is 7.82. The van der Waals surface area contributed by atoms with Crippen molar-refractivity contribution in [1.82, 2.24) is 4.98 Å². The fraction of sp³-hybridized carbons (Fsp3) is 0.667. The summed E-state index contributed by atoms with van der Waals surface area (Å²) in [4.78, 5) is 3.58. The van der Waals surface area contributed by atoms with Gasteiger partial charge in [0.1, 0.15) is 5.69 Å². The standard InChI is InChI=1S/C15H25BF3NO3Si/c1-14(2,3)24(4,5)23-8-6-7-12-9-11(16(21)22)10-13(20-12)15(17,18)19/h9-10,21-22H,6-8H2,1-5H3. The number of alkyl halides is 3. The number of aryl methyl sites for hydroxylation is 1. The summed E-state index contributed by atoms with van der Waals surface area (Å²) < 4.78 is 44.5. The lowest BCUT2D eigenvalue weighted by Crippen LogP contribution is -2.41. The second-order valence-corrected chi connectivity index (χ2v) is 12.2. The van der Waals surface area contributed by atoms with E-state index in [1.165, 1.54) is 6.07 Å². The molecule has 1 aromatic heterocycles. The first-order chi connectivity index (χ1) is 10.7. The van der Waals surface area contributed by atoms with Crippen LogP contribution in [-0.4, -0.2) is 37.1 Å². The molecule has 0 aliphatic heterocycles. The van der Waals surface area contributed by atoms with Crippen molar-refractivity contribution in [2.24, 2.45) is 0 Å². The zero-order chi connectivity index (χ0) is 18.8. The average Bonchev–Trinajstić information content (AvgIpc) is 2.41. The highest BCUT2D eigenvalue weighted by molar-refractivity contribution is 6.74. The van der Waals surface area contributed by atoms with Crippen LogP contribution in [0, 0.1) is 0 Å². The Morgan fingerprint density at radius 3 is 2.21 bits per heavy atom. The van der Waals surface area contributed by atoms with Crippen molar-refractivity contribution >= 4 is 20.9 Å². The number of pyridine rings is 1. The molecular formula is C15H25BF3NO3Si. The van der Waals surface area contributed by atoms with Crippen molar-refractivity contribution in [2.75, 3.05) is 6.61 Å². The van der Waals surface area contributed by atoms with E-state index in [9.17, 15) is 13.2 Å². The molecule has 1 rings (SSSR count). The number of nitrogens with zero attached hydrogens (tertiary/aromatic N) is 1. The fourth-order valence-electron chi connectivity index (χ4n) is 1.83. The lowest BCUT2D eigenvalue weighted by Gasteiger charge is -2.36. The molecule has 24 heavy (non-hydrogen) atoms. The molecule has 0 unspecified atom stereocenters. The van der Waals surface area contributed by atoms with Crippen molar-refractivity contribution in [3.05, 3.63) is 23.5 Å². The maximum atomic E-state index is 12.8. The molecule has 4 nitrogen and oxygen atoms in total. The third-order valence-corrected chi connectivity index (χ3v) is 8.87. The summed E-state index contributed by atoms with van der Waals surface area (Å²) in [5.74, 6) is 0. The summed E-state index contributed by atoms with van der Waals surface area (Å²) in [6.45, 7) is 11.0. The highest BCUT2D eigenvalue weighted by Gasteiger charge is 2.37. The van der Waals surface area contributed by atoms with Gasteiger partial charge in [-0.3, -0.25) is 0 Å². The Balaban J connectivity index is 2.76. The molecule has 2 N–H and O–H groups in total. The molecule has 0 bridgehead atoms. The lowest BCUT2D eigenvalue weighted by atomic mass is 9.80. The van der Waals surface area contributed by atoms with Gasteiger partial charge in [0.2, 0.25) is 0 Å². The molecule has 9 heteroatoms. The molecule has 0 aliphatic rings. The van der Waals surface area contributed by atoms with E-state index < -0.39 is 27.3 Å². The topological polar surface area (TPSA) is 62.6 Å². The average molecular weight is 363 g/mol. The Bertz CT molecular complexity index is 560. The van der Waals surface area contributed by atoms with Crippen molar-refractivity contribution in [3.63, 3.8) is 0 Å². The van der Waals surface area contributed by atoms with Crippen LogP contribution < -0.4 is 5.46 Å². The van der Waals surface area contributed by atoms with Gasteiger partial charge in [-0.15, -0.1) is 0 Å². The normalized spacial score (nSPS) is 13.2. The van der Waals surface area contributed by atoms with Gasteiger partial charge in [0.05, 0.1) is 0 Å². The van der Waals surface area contributed by atoms with Gasteiger partial charge in [0, 0.05) is 12.3 Å². The first-order valence-corrected chi connectivity index (χ1v) is 10.7. The van der Waals surface area contributed by atoms with E-state index >= 15 is 0 Å². The maximum absolute atomic E-state index is 12.8. The third-order valence-electron chi connectivity index (χ3n) is 4.34. The molecule has 0 aromatic carbocycles. The Hall–Kier alpha value is -0.898. The lowest BCUT2D eigenvalue weighted by molar-refractivity contribution is -0.141. The summed E-state index contributed by atoms with van der Waals surface area (Å²) in [5, 5.41) is 18.4. The second kappa shape index (κ2) is 7.55. The van der Waals surface area contributed by atoms with Crippen molar-refractivity contribution in [2.45, 2.75) is 57.9 Å². The molecule has 136 valence electrons. The predicted molar refractivity (Wildman–Crippen MR) is 90.5 cm³/mol. The largest absolute Gasteiger partial charge is 0.488 e. The van der Waals surface area contributed by atoms with Gasteiger partial charge in [-0.1, -0.05) is 20.8 Å². The van der Waals surface area contributed by atoms with Crippen LogP contribution >= 0.6 is 0 Å². The van der Waals surface area contributed by atoms with Gasteiger partial charge >= 0.3 is 13.3 Å². The van der Waals surface area contributed by atoms with E-state index in [-0.39, 0.29) is 22.6 Å². The molecule has 0 atom stereocenters. The maximum Gasteiger partial charge on any atom is 0.488 e. The molecule has 0 spiro atoms. The summed E-state index contributed by atoms with van der Waals surface area (Å²) in [6.07, 6.45) is -3.84. The van der Waals surface area contributed by atoms with Gasteiger partial charge in [-0.2, -0.15) is 13.2 Å². The van der Waals surface area contributed by atoms with Gasteiger partial charge in [0.15, 0.2) is 8.32 Å². The number of rotatable bonds is 6. The van der Waals surface area contributed by atoms with Crippen LogP contribution in [0.5, 0.6) is 0 Å². The van der Waals surface area contributed by atoms with E-state index in [0.29, 0.717) is 19.1 Å². The summed E-state index contributed by atoms with van der Waals surface area (Å²) >= 11 is 0. The van der Waals surface area contributed by atoms with E-state index in [1.807, 2.05) is 0 Å². The zero-order valence-electron chi connectivity index (χ0n) is 14.7. The highest BCUT2D eigenvalue weighted by atomic mass is 28.4. The molecule has 0 amide bonds. The number of hydrogen-bond donors (Lipinski definition) is 2. The number of aromatic nitrogens is 1. The van der Waals surface area contributed by atoms with Crippen LogP contribution in [0.25, 0.3) is 0 Å². The molecule has 0 fully saturated rings. The second-order valence-electron chi connectivity index (χ2n) is 7.36. The van der Waals surface area contributed by atoms with Crippen LogP contribution in [0.4, 0.5) is 13.2 Å². The van der Waals surface area contributed by atoms with Crippen LogP contribution in [0.2, 0.25) is 18.1 Å². The monoisotopic (exact) mass is 363 g/mol. The van der Waals surface area contributed by atoms with Crippen LogP contribution in [0.15, 0.2) is 12.1 Å². The Morgan fingerprint density at radius 2 is 1.75 bits per heavy atom. The highest BCUT2D eigenvalue weighted by Crippen LogP contribution is 2.36. The van der Waals surface area contributed by atoms with Crippen LogP contribution in [-0.2, 0) is 17.0 Å². The van der Waals surface area contributed by atoms with Crippen molar-refractivity contribution in [3.8, 4) is 0 Å². The van der Waals surface area contributed by atoms with E-state index in [2.05, 4.69) is 38.8 Å². The smallest absolute Gasteiger partial charge is 0.423 e. The predicted octanol–water partition coefficient (Wildman–Crippen LogP) is 2.73. The van der Waals surface area contributed by atoms with Crippen molar-refractivity contribution < 1.29 is 27.6 Å². The fourth-order valence-corrected chi connectivity index (χ4v) is 2.92. The van der Waals surface area contributed by atoms with Gasteiger partial charge in [0.25, 0.3) is 0 Å². The minimum Gasteiger partial charge on any atom is -0.423 e. The molecule has 0 saturated heterocycles. The van der Waals surface area contributed by atoms with Crippen LogP contribution in [0.3, 0.4) is 0 Å². The molecular weight excluding hydrogens is 338 g/mol. The van der Waals surface area contributed by atoms with Gasteiger partial charge in [-0.05, 0) is 48.6 Å². The van der Waals surface area contributed by atoms with Gasteiger partial charge < -0.3 is 14.5 Å². The minimum atomic E-state index is -4.63. The molecule has 1 aromatic rings. The molecule has 1 heterocycles.